The van der Waals surface area contributed by atoms with Crippen LogP contribution in [0.5, 0.6) is 0 Å². The molecule has 0 amide bonds. The molecule has 5 heteroatoms. The van der Waals surface area contributed by atoms with E-state index in [9.17, 15) is 0 Å². The van der Waals surface area contributed by atoms with Crippen LogP contribution in [0.3, 0.4) is 0 Å². The molecule has 0 aliphatic heterocycles. The first kappa shape index (κ1) is 34.0. The van der Waals surface area contributed by atoms with Crippen LogP contribution in [0, 0.1) is 0 Å². The minimum atomic E-state index is 0.675. The fourth-order valence-corrected chi connectivity index (χ4v) is 10.4. The van der Waals surface area contributed by atoms with Gasteiger partial charge in [0.2, 0.25) is 0 Å². The fourth-order valence-electron chi connectivity index (χ4n) is 9.29. The third-order valence-electron chi connectivity index (χ3n) is 12.2. The Bertz CT molecular complexity index is 3860. The number of benzene rings is 9. The summed E-state index contributed by atoms with van der Waals surface area (Å²) in [6.45, 7) is 0. The first-order valence-electron chi connectivity index (χ1n) is 20.6. The van der Waals surface area contributed by atoms with Crippen LogP contribution in [-0.2, 0) is 0 Å². The van der Waals surface area contributed by atoms with Crippen LogP contribution in [0.15, 0.2) is 205 Å². The number of thiophene rings is 1. The van der Waals surface area contributed by atoms with Gasteiger partial charge in [0.15, 0.2) is 5.82 Å². The lowest BCUT2D eigenvalue weighted by atomic mass is 10.0. The maximum atomic E-state index is 6.63. The molecule has 0 saturated heterocycles. The fraction of sp³-hybridized carbons (Fsp3) is 0. The zero-order chi connectivity index (χ0) is 40.0. The standard InChI is InChI=1S/C56H33N3OS/c1-3-12-34(13-4-1)36-22-24-37(25-23-36)53-55-54(42-18-9-10-21-51(42)61-55)58-56(57-53)43-19-11-20-50-52(43)46-33-41(27-29-49(46)60-50)59-47-28-26-40(35-14-5-2-6-15-35)31-44(47)45-30-38-16-7-8-17-39(38)32-48(45)59/h1-33H. The largest absolute Gasteiger partial charge is 0.456 e. The highest BCUT2D eigenvalue weighted by atomic mass is 32.1. The number of furan rings is 1. The molecule has 0 fully saturated rings. The Balaban J connectivity index is 1.03. The Morgan fingerprint density at radius 1 is 0.426 bits per heavy atom. The minimum Gasteiger partial charge on any atom is -0.456 e. The molecule has 4 nitrogen and oxygen atoms in total. The Morgan fingerprint density at radius 2 is 1.10 bits per heavy atom. The summed E-state index contributed by atoms with van der Waals surface area (Å²) in [4.78, 5) is 10.8. The number of aromatic nitrogens is 3. The number of hydrogen-bond acceptors (Lipinski definition) is 4. The summed E-state index contributed by atoms with van der Waals surface area (Å²) in [5.74, 6) is 0.675. The highest BCUT2D eigenvalue weighted by molar-refractivity contribution is 7.26. The molecule has 0 unspecified atom stereocenters. The Labute approximate surface area is 354 Å². The summed E-state index contributed by atoms with van der Waals surface area (Å²) in [5, 5.41) is 8.02. The maximum Gasteiger partial charge on any atom is 0.161 e. The van der Waals surface area contributed by atoms with Crippen molar-refractivity contribution in [3.05, 3.63) is 200 Å². The first-order chi connectivity index (χ1) is 30.2. The second-order valence-corrected chi connectivity index (χ2v) is 16.8. The van der Waals surface area contributed by atoms with Crippen LogP contribution in [-0.4, -0.2) is 14.5 Å². The van der Waals surface area contributed by atoms with E-state index in [0.29, 0.717) is 5.82 Å². The second-order valence-electron chi connectivity index (χ2n) is 15.7. The lowest BCUT2D eigenvalue weighted by Crippen LogP contribution is -1.95. The van der Waals surface area contributed by atoms with Crippen molar-refractivity contribution in [1.29, 1.82) is 0 Å². The van der Waals surface area contributed by atoms with Crippen LogP contribution in [0.2, 0.25) is 0 Å². The second kappa shape index (κ2) is 13.3. The topological polar surface area (TPSA) is 43.9 Å². The zero-order valence-electron chi connectivity index (χ0n) is 32.7. The third kappa shape index (κ3) is 5.38. The van der Waals surface area contributed by atoms with Crippen molar-refractivity contribution < 1.29 is 4.42 Å². The monoisotopic (exact) mass is 795 g/mol. The Kier molecular flexibility index (Phi) is 7.44. The molecule has 0 atom stereocenters. The average molecular weight is 796 g/mol. The molecule has 61 heavy (non-hydrogen) atoms. The van der Waals surface area contributed by atoms with Crippen molar-refractivity contribution in [3.8, 4) is 50.6 Å². The minimum absolute atomic E-state index is 0.675. The summed E-state index contributed by atoms with van der Waals surface area (Å²) in [5.41, 5.74) is 13.6. The van der Waals surface area contributed by atoms with E-state index in [1.165, 1.54) is 48.5 Å². The van der Waals surface area contributed by atoms with Gasteiger partial charge in [0.05, 0.1) is 26.9 Å². The van der Waals surface area contributed by atoms with Crippen LogP contribution in [0.25, 0.3) is 125 Å². The highest BCUT2D eigenvalue weighted by Gasteiger charge is 2.22. The van der Waals surface area contributed by atoms with Crippen molar-refractivity contribution in [2.24, 2.45) is 0 Å². The molecule has 0 radical (unpaired) electrons. The van der Waals surface area contributed by atoms with E-state index in [2.05, 4.69) is 205 Å². The van der Waals surface area contributed by atoms with Gasteiger partial charge in [0.1, 0.15) is 11.2 Å². The van der Waals surface area contributed by atoms with E-state index < -0.39 is 0 Å². The molecule has 4 heterocycles. The molecule has 0 spiro atoms. The van der Waals surface area contributed by atoms with E-state index in [-0.39, 0.29) is 0 Å². The van der Waals surface area contributed by atoms with Gasteiger partial charge in [-0.05, 0) is 87.6 Å². The summed E-state index contributed by atoms with van der Waals surface area (Å²) in [6.07, 6.45) is 0. The molecule has 0 aliphatic carbocycles. The van der Waals surface area contributed by atoms with Crippen LogP contribution >= 0.6 is 11.3 Å². The number of hydrogen-bond donors (Lipinski definition) is 0. The van der Waals surface area contributed by atoms with Gasteiger partial charge in [-0.25, -0.2) is 9.97 Å². The van der Waals surface area contributed by atoms with Gasteiger partial charge in [-0.2, -0.15) is 0 Å². The van der Waals surface area contributed by atoms with Crippen LogP contribution in [0.4, 0.5) is 0 Å². The van der Waals surface area contributed by atoms with Crippen molar-refractivity contribution in [2.45, 2.75) is 0 Å². The van der Waals surface area contributed by atoms with Gasteiger partial charge in [0.25, 0.3) is 0 Å². The molecule has 13 aromatic rings. The summed E-state index contributed by atoms with van der Waals surface area (Å²) >= 11 is 1.75. The Hall–Kier alpha value is -7.86. The normalized spacial score (nSPS) is 11.9. The average Bonchev–Trinajstić information content (AvgIpc) is 4.00. The summed E-state index contributed by atoms with van der Waals surface area (Å²) in [7, 11) is 0. The lowest BCUT2D eigenvalue weighted by Gasteiger charge is -2.10. The van der Waals surface area contributed by atoms with Crippen molar-refractivity contribution in [3.63, 3.8) is 0 Å². The van der Waals surface area contributed by atoms with Crippen molar-refractivity contribution >= 4 is 86.2 Å². The van der Waals surface area contributed by atoms with Gasteiger partial charge in [0, 0.05) is 48.4 Å². The van der Waals surface area contributed by atoms with E-state index in [0.717, 1.165) is 71.1 Å². The smallest absolute Gasteiger partial charge is 0.161 e. The molecular formula is C56H33N3OS. The van der Waals surface area contributed by atoms with Crippen molar-refractivity contribution in [1.82, 2.24) is 14.5 Å². The van der Waals surface area contributed by atoms with Crippen LogP contribution in [0.1, 0.15) is 0 Å². The van der Waals surface area contributed by atoms with Gasteiger partial charge in [-0.3, -0.25) is 0 Å². The van der Waals surface area contributed by atoms with Crippen LogP contribution < -0.4 is 0 Å². The molecule has 9 aromatic carbocycles. The van der Waals surface area contributed by atoms with E-state index in [1.54, 1.807) is 11.3 Å². The van der Waals surface area contributed by atoms with E-state index in [1.807, 2.05) is 0 Å². The molecule has 4 aromatic heterocycles. The molecule has 0 saturated carbocycles. The first-order valence-corrected chi connectivity index (χ1v) is 21.4. The van der Waals surface area contributed by atoms with E-state index >= 15 is 0 Å². The maximum absolute atomic E-state index is 6.63. The van der Waals surface area contributed by atoms with E-state index in [4.69, 9.17) is 14.4 Å². The number of rotatable bonds is 5. The number of fused-ring (bicyclic) bond motifs is 10. The summed E-state index contributed by atoms with van der Waals surface area (Å²) < 4.78 is 11.3. The zero-order valence-corrected chi connectivity index (χ0v) is 33.5. The van der Waals surface area contributed by atoms with Crippen molar-refractivity contribution in [2.75, 3.05) is 0 Å². The summed E-state index contributed by atoms with van der Waals surface area (Å²) in [6, 6.07) is 71.4. The number of nitrogens with zero attached hydrogens (tertiary/aromatic N) is 3. The third-order valence-corrected chi connectivity index (χ3v) is 13.4. The van der Waals surface area contributed by atoms with Gasteiger partial charge < -0.3 is 8.98 Å². The quantitative estimate of drug-likeness (QED) is 0.174. The highest BCUT2D eigenvalue weighted by Crippen LogP contribution is 2.44. The molecular weight excluding hydrogens is 763 g/mol. The molecule has 13 rings (SSSR count). The van der Waals surface area contributed by atoms with Gasteiger partial charge in [-0.15, -0.1) is 11.3 Å². The SMILES string of the molecule is c1ccc(-c2ccc(-c3nc(-c4cccc5oc6ccc(-n7c8ccc(-c9ccccc9)cc8c8cc9ccccc9cc87)cc6c45)nc4c3sc3ccccc34)cc2)cc1. The predicted octanol–water partition coefficient (Wildman–Crippen LogP) is 15.7. The lowest BCUT2D eigenvalue weighted by molar-refractivity contribution is 0.669. The molecule has 0 N–H and O–H groups in total. The molecule has 0 aliphatic rings. The predicted molar refractivity (Wildman–Crippen MR) is 256 cm³/mol. The Morgan fingerprint density at radius 3 is 1.92 bits per heavy atom. The van der Waals surface area contributed by atoms with Gasteiger partial charge in [-0.1, -0.05) is 146 Å². The molecule has 0 bridgehead atoms. The van der Waals surface area contributed by atoms with Gasteiger partial charge >= 0.3 is 0 Å². The molecule has 284 valence electrons.